The third-order valence-electron chi connectivity index (χ3n) is 6.32. The van der Waals surface area contributed by atoms with Crippen molar-refractivity contribution in [3.05, 3.63) is 40.5 Å². The highest BCUT2D eigenvalue weighted by atomic mass is 32.1. The van der Waals surface area contributed by atoms with Gasteiger partial charge in [0.25, 0.3) is 5.91 Å². The molecule has 9 nitrogen and oxygen atoms in total. The lowest BCUT2D eigenvalue weighted by molar-refractivity contribution is -0.136. The van der Waals surface area contributed by atoms with Crippen LogP contribution in [0.1, 0.15) is 34.5 Å². The van der Waals surface area contributed by atoms with E-state index >= 15 is 0 Å². The molecule has 5 heterocycles. The standard InChI is InChI=1S/C22H23F3N6O3S/c1-26-20(32)15-12-35-19-16(22(23,24)25)10-17(28-18(15)19)29-6-3-14(4-7-29)34-21(33)30-8-9-31-13(11-30)2-5-27-31/h2,5,10,12,14H,3-4,6-9,11H2,1H3,(H,26,32). The maximum Gasteiger partial charge on any atom is 0.417 e. The molecule has 1 N–H and O–H groups in total. The SMILES string of the molecule is CNC(=O)c1csc2c(C(F)(F)F)cc(N3CCC(OC(=O)N4CCn5nccc5C4)CC3)nc12. The predicted octanol–water partition coefficient (Wildman–Crippen LogP) is 3.49. The summed E-state index contributed by atoms with van der Waals surface area (Å²) in [7, 11) is 1.42. The molecule has 3 aromatic heterocycles. The van der Waals surface area contributed by atoms with E-state index in [0.717, 1.165) is 23.1 Å². The predicted molar refractivity (Wildman–Crippen MR) is 122 cm³/mol. The first-order chi connectivity index (χ1) is 16.7. The van der Waals surface area contributed by atoms with Gasteiger partial charge in [-0.3, -0.25) is 9.48 Å². The number of nitrogens with one attached hydrogen (secondary N) is 1. The summed E-state index contributed by atoms with van der Waals surface area (Å²) in [6.07, 6.45) is -2.70. The van der Waals surface area contributed by atoms with Crippen LogP contribution in [0.2, 0.25) is 0 Å². The summed E-state index contributed by atoms with van der Waals surface area (Å²) in [6, 6.07) is 2.90. The molecule has 2 aliphatic heterocycles. The van der Waals surface area contributed by atoms with E-state index in [1.54, 1.807) is 16.0 Å². The first kappa shape index (κ1) is 23.4. The van der Waals surface area contributed by atoms with Gasteiger partial charge in [0.1, 0.15) is 11.9 Å². The summed E-state index contributed by atoms with van der Waals surface area (Å²) in [4.78, 5) is 32.6. The molecule has 1 fully saturated rings. The summed E-state index contributed by atoms with van der Waals surface area (Å²) in [6.45, 7) is 2.28. The fraction of sp³-hybridized carbons (Fsp3) is 0.455. The van der Waals surface area contributed by atoms with E-state index in [1.807, 2.05) is 10.7 Å². The van der Waals surface area contributed by atoms with Crippen LogP contribution in [0.15, 0.2) is 23.7 Å². The highest BCUT2D eigenvalue weighted by Crippen LogP contribution is 2.40. The monoisotopic (exact) mass is 508 g/mol. The van der Waals surface area contributed by atoms with E-state index in [9.17, 15) is 22.8 Å². The van der Waals surface area contributed by atoms with Crippen LogP contribution >= 0.6 is 11.3 Å². The van der Waals surface area contributed by atoms with Gasteiger partial charge in [-0.15, -0.1) is 11.3 Å². The number of anilines is 1. The van der Waals surface area contributed by atoms with Gasteiger partial charge in [0.15, 0.2) is 0 Å². The average molecular weight is 509 g/mol. The number of ether oxygens (including phenoxy) is 1. The Morgan fingerprint density at radius 3 is 2.69 bits per heavy atom. The summed E-state index contributed by atoms with van der Waals surface area (Å²) in [5, 5.41) is 8.04. The maximum atomic E-state index is 13.8. The van der Waals surface area contributed by atoms with Gasteiger partial charge in [0, 0.05) is 51.1 Å². The zero-order chi connectivity index (χ0) is 24.7. The number of amides is 2. The minimum Gasteiger partial charge on any atom is -0.446 e. The molecule has 2 aliphatic rings. The van der Waals surface area contributed by atoms with Crippen molar-refractivity contribution >= 4 is 39.4 Å². The van der Waals surface area contributed by atoms with E-state index in [0.29, 0.717) is 45.6 Å². The van der Waals surface area contributed by atoms with Crippen LogP contribution in [0.4, 0.5) is 23.8 Å². The van der Waals surface area contributed by atoms with Crippen LogP contribution in [0.5, 0.6) is 0 Å². The van der Waals surface area contributed by atoms with Crippen molar-refractivity contribution in [3.63, 3.8) is 0 Å². The number of aromatic nitrogens is 3. The zero-order valence-corrected chi connectivity index (χ0v) is 19.7. The van der Waals surface area contributed by atoms with Gasteiger partial charge in [-0.05, 0) is 12.1 Å². The second kappa shape index (κ2) is 9.02. The Balaban J connectivity index is 1.29. The van der Waals surface area contributed by atoms with Crippen molar-refractivity contribution in [1.82, 2.24) is 25.0 Å². The van der Waals surface area contributed by atoms with E-state index in [1.165, 1.54) is 12.4 Å². The Bertz CT molecular complexity index is 1270. The molecule has 5 rings (SSSR count). The normalized spacial score (nSPS) is 16.9. The van der Waals surface area contributed by atoms with Gasteiger partial charge in [-0.1, -0.05) is 0 Å². The molecular weight excluding hydrogens is 485 g/mol. The highest BCUT2D eigenvalue weighted by molar-refractivity contribution is 7.17. The van der Waals surface area contributed by atoms with Crippen LogP contribution in [-0.2, 0) is 24.0 Å². The first-order valence-electron chi connectivity index (χ1n) is 11.2. The number of nitrogens with zero attached hydrogens (tertiary/aromatic N) is 5. The van der Waals surface area contributed by atoms with Crippen molar-refractivity contribution in [2.45, 2.75) is 38.2 Å². The van der Waals surface area contributed by atoms with Crippen molar-refractivity contribution in [2.75, 3.05) is 31.6 Å². The first-order valence-corrected chi connectivity index (χ1v) is 12.0. The third kappa shape index (κ3) is 4.51. The van der Waals surface area contributed by atoms with E-state index in [-0.39, 0.29) is 27.7 Å². The Morgan fingerprint density at radius 2 is 1.97 bits per heavy atom. The second-order valence-electron chi connectivity index (χ2n) is 8.47. The molecule has 0 unspecified atom stereocenters. The number of thiophene rings is 1. The van der Waals surface area contributed by atoms with Gasteiger partial charge in [-0.2, -0.15) is 18.3 Å². The lowest BCUT2D eigenvalue weighted by Crippen LogP contribution is -2.43. The Kier molecular flexibility index (Phi) is 6.03. The van der Waals surface area contributed by atoms with Crippen molar-refractivity contribution in [3.8, 4) is 0 Å². The number of rotatable bonds is 3. The number of hydrogen-bond donors (Lipinski definition) is 1. The molecule has 0 spiro atoms. The smallest absolute Gasteiger partial charge is 0.417 e. The molecule has 0 aromatic carbocycles. The largest absolute Gasteiger partial charge is 0.446 e. The fourth-order valence-electron chi connectivity index (χ4n) is 4.43. The summed E-state index contributed by atoms with van der Waals surface area (Å²) >= 11 is 0.854. The molecule has 0 radical (unpaired) electrons. The molecule has 35 heavy (non-hydrogen) atoms. The van der Waals surface area contributed by atoms with Crippen LogP contribution in [0.3, 0.4) is 0 Å². The van der Waals surface area contributed by atoms with Crippen molar-refractivity contribution < 1.29 is 27.5 Å². The van der Waals surface area contributed by atoms with Gasteiger partial charge in [0.05, 0.1) is 40.1 Å². The number of fused-ring (bicyclic) bond motifs is 2. The zero-order valence-electron chi connectivity index (χ0n) is 18.8. The molecule has 0 atom stereocenters. The summed E-state index contributed by atoms with van der Waals surface area (Å²) < 4.78 is 48.9. The molecule has 1 saturated heterocycles. The van der Waals surface area contributed by atoms with Crippen molar-refractivity contribution in [1.29, 1.82) is 0 Å². The number of halogens is 3. The molecule has 13 heteroatoms. The molecule has 0 aliphatic carbocycles. The van der Waals surface area contributed by atoms with Gasteiger partial charge in [-0.25, -0.2) is 9.78 Å². The minimum atomic E-state index is -4.58. The quantitative estimate of drug-likeness (QED) is 0.582. The Morgan fingerprint density at radius 1 is 1.20 bits per heavy atom. The third-order valence-corrected chi connectivity index (χ3v) is 7.32. The molecule has 0 saturated carbocycles. The molecule has 3 aromatic rings. The number of carbonyl (C=O) groups is 2. The van der Waals surface area contributed by atoms with E-state index < -0.39 is 23.7 Å². The summed E-state index contributed by atoms with van der Waals surface area (Å²) in [5.41, 5.74) is 0.286. The van der Waals surface area contributed by atoms with Gasteiger partial charge in [0.2, 0.25) is 0 Å². The van der Waals surface area contributed by atoms with Crippen LogP contribution in [0.25, 0.3) is 10.2 Å². The summed E-state index contributed by atoms with van der Waals surface area (Å²) in [5.74, 6) is -0.331. The maximum absolute atomic E-state index is 13.8. The Labute approximate surface area is 202 Å². The highest BCUT2D eigenvalue weighted by Gasteiger charge is 2.36. The number of pyridine rings is 1. The van der Waals surface area contributed by atoms with E-state index in [2.05, 4.69) is 15.4 Å². The average Bonchev–Trinajstić information content (AvgIpc) is 3.49. The van der Waals surface area contributed by atoms with Gasteiger partial charge >= 0.3 is 12.3 Å². The fourth-order valence-corrected chi connectivity index (χ4v) is 5.45. The molecular formula is C22H23F3N6O3S. The molecule has 0 bridgehead atoms. The molecule has 2 amide bonds. The number of hydrogen-bond acceptors (Lipinski definition) is 7. The topological polar surface area (TPSA) is 92.6 Å². The number of alkyl halides is 3. The van der Waals surface area contributed by atoms with Crippen LogP contribution < -0.4 is 10.2 Å². The Hall–Kier alpha value is -3.35. The van der Waals surface area contributed by atoms with E-state index in [4.69, 9.17) is 4.74 Å². The van der Waals surface area contributed by atoms with Crippen LogP contribution in [-0.4, -0.2) is 64.5 Å². The van der Waals surface area contributed by atoms with Crippen LogP contribution in [0, 0.1) is 0 Å². The second-order valence-corrected chi connectivity index (χ2v) is 9.35. The number of carbonyl (C=O) groups excluding carboxylic acids is 2. The molecule has 186 valence electrons. The number of piperidine rings is 1. The lowest BCUT2D eigenvalue weighted by Gasteiger charge is -2.34. The lowest BCUT2D eigenvalue weighted by atomic mass is 10.1. The van der Waals surface area contributed by atoms with Gasteiger partial charge < -0.3 is 19.9 Å². The van der Waals surface area contributed by atoms with Crippen molar-refractivity contribution in [2.24, 2.45) is 0 Å². The minimum absolute atomic E-state index is 0.0389.